The van der Waals surface area contributed by atoms with Gasteiger partial charge in [-0.1, -0.05) is 43.2 Å². The normalized spacial score (nSPS) is 14.3. The lowest BCUT2D eigenvalue weighted by Crippen LogP contribution is -2.02. The number of rotatable bonds is 4. The van der Waals surface area contributed by atoms with Crippen LogP contribution < -0.4 is 10.5 Å². The van der Waals surface area contributed by atoms with E-state index in [9.17, 15) is 0 Å². The van der Waals surface area contributed by atoms with Gasteiger partial charge in [-0.15, -0.1) is 0 Å². The molecule has 5 rings (SSSR count). The van der Waals surface area contributed by atoms with Crippen LogP contribution in [-0.2, 0) is 0 Å². The number of pyridine rings is 2. The van der Waals surface area contributed by atoms with Gasteiger partial charge < -0.3 is 10.5 Å². The molecule has 4 nitrogen and oxygen atoms in total. The molecule has 144 valence electrons. The summed E-state index contributed by atoms with van der Waals surface area (Å²) in [6.45, 7) is 0. The first-order chi connectivity index (χ1) is 14.3. The monoisotopic (exact) mass is 381 g/mol. The maximum atomic E-state index is 6.33. The van der Waals surface area contributed by atoms with Crippen LogP contribution in [0.15, 0.2) is 73.1 Å². The smallest absolute Gasteiger partial charge is 0.131 e. The maximum Gasteiger partial charge on any atom is 0.131 e. The topological polar surface area (TPSA) is 61.0 Å². The van der Waals surface area contributed by atoms with Gasteiger partial charge in [0.15, 0.2) is 0 Å². The highest BCUT2D eigenvalue weighted by Gasteiger charge is 2.22. The minimum absolute atomic E-state index is 0.523. The summed E-state index contributed by atoms with van der Waals surface area (Å²) in [4.78, 5) is 9.24. The lowest BCUT2D eigenvalue weighted by Gasteiger charge is -2.16. The summed E-state index contributed by atoms with van der Waals surface area (Å²) >= 11 is 0. The van der Waals surface area contributed by atoms with Gasteiger partial charge in [-0.05, 0) is 48.7 Å². The second-order valence-electron chi connectivity index (χ2n) is 7.60. The molecule has 1 aliphatic rings. The molecule has 4 aromatic rings. The van der Waals surface area contributed by atoms with E-state index in [1.54, 1.807) is 6.20 Å². The molecule has 4 heteroatoms. The summed E-state index contributed by atoms with van der Waals surface area (Å²) < 4.78 is 5.91. The molecule has 2 heterocycles. The number of para-hydroxylation sites is 1. The van der Waals surface area contributed by atoms with Crippen molar-refractivity contribution < 1.29 is 4.74 Å². The van der Waals surface area contributed by atoms with Gasteiger partial charge in [0.05, 0.1) is 5.69 Å². The molecule has 0 aliphatic heterocycles. The van der Waals surface area contributed by atoms with Gasteiger partial charge in [0.2, 0.25) is 0 Å². The summed E-state index contributed by atoms with van der Waals surface area (Å²) in [6, 6.07) is 19.9. The molecule has 2 aromatic carbocycles. The number of fused-ring (bicyclic) bond motifs is 1. The van der Waals surface area contributed by atoms with Gasteiger partial charge in [-0.2, -0.15) is 0 Å². The first-order valence-electron chi connectivity index (χ1n) is 10.2. The van der Waals surface area contributed by atoms with E-state index in [4.69, 9.17) is 15.5 Å². The Labute approximate surface area is 170 Å². The van der Waals surface area contributed by atoms with Crippen molar-refractivity contribution in [1.82, 2.24) is 9.97 Å². The van der Waals surface area contributed by atoms with Crippen molar-refractivity contribution in [2.45, 2.75) is 31.6 Å². The van der Waals surface area contributed by atoms with E-state index in [-0.39, 0.29) is 0 Å². The maximum absolute atomic E-state index is 6.33. The van der Waals surface area contributed by atoms with Crippen LogP contribution in [0, 0.1) is 0 Å². The van der Waals surface area contributed by atoms with E-state index in [2.05, 4.69) is 23.2 Å². The van der Waals surface area contributed by atoms with E-state index in [0.29, 0.717) is 11.7 Å². The molecule has 0 saturated heterocycles. The molecule has 0 atom stereocenters. The largest absolute Gasteiger partial charge is 0.457 e. The summed E-state index contributed by atoms with van der Waals surface area (Å²) in [5.74, 6) is 2.70. The second kappa shape index (κ2) is 7.55. The van der Waals surface area contributed by atoms with E-state index >= 15 is 0 Å². The van der Waals surface area contributed by atoms with E-state index in [1.807, 2.05) is 48.7 Å². The Balaban J connectivity index is 1.54. The van der Waals surface area contributed by atoms with E-state index < -0.39 is 0 Å². The second-order valence-corrected chi connectivity index (χ2v) is 7.60. The Morgan fingerprint density at radius 3 is 2.31 bits per heavy atom. The molecule has 0 spiro atoms. The number of hydrogen-bond donors (Lipinski definition) is 1. The van der Waals surface area contributed by atoms with Crippen LogP contribution in [0.25, 0.3) is 21.9 Å². The van der Waals surface area contributed by atoms with Gasteiger partial charge in [-0.3, -0.25) is 4.98 Å². The Hall–Kier alpha value is -3.40. The van der Waals surface area contributed by atoms with Crippen LogP contribution >= 0.6 is 0 Å². The number of aromatic nitrogens is 2. The van der Waals surface area contributed by atoms with Crippen LogP contribution in [0.3, 0.4) is 0 Å². The number of nitrogens with zero attached hydrogens (tertiary/aromatic N) is 2. The van der Waals surface area contributed by atoms with Gasteiger partial charge in [0.25, 0.3) is 0 Å². The molecule has 2 N–H and O–H groups in total. The number of nitrogens with two attached hydrogens (primary N) is 1. The number of hydrogen-bond acceptors (Lipinski definition) is 4. The molecule has 0 bridgehead atoms. The molecular formula is C25H23N3O. The minimum atomic E-state index is 0.523. The Bertz CT molecular complexity index is 1130. The van der Waals surface area contributed by atoms with Crippen LogP contribution in [-0.4, -0.2) is 9.97 Å². The summed E-state index contributed by atoms with van der Waals surface area (Å²) in [5.41, 5.74) is 9.57. The highest BCUT2D eigenvalue weighted by atomic mass is 16.5. The van der Waals surface area contributed by atoms with Crippen molar-refractivity contribution in [3.05, 3.63) is 78.8 Å². The van der Waals surface area contributed by atoms with Gasteiger partial charge >= 0.3 is 0 Å². The first-order valence-corrected chi connectivity index (χ1v) is 10.2. The molecule has 0 radical (unpaired) electrons. The SMILES string of the molecule is Nc1nccc2c(C3CCCC3)ncc(-c3ccc(Oc4ccccc4)cc3)c12. The highest BCUT2D eigenvalue weighted by molar-refractivity contribution is 6.03. The standard InChI is InChI=1S/C25H23N3O/c26-25-23-21(14-15-27-25)24(18-6-4-5-7-18)28-16-22(23)17-10-12-20(13-11-17)29-19-8-2-1-3-9-19/h1-3,8-16,18H,4-7H2,(H2,26,27). The summed E-state index contributed by atoms with van der Waals surface area (Å²) in [6.07, 6.45) is 8.71. The number of anilines is 1. The van der Waals surface area contributed by atoms with Crippen molar-refractivity contribution in [2.75, 3.05) is 5.73 Å². The van der Waals surface area contributed by atoms with E-state index in [0.717, 1.165) is 33.4 Å². The van der Waals surface area contributed by atoms with Gasteiger partial charge in [0.1, 0.15) is 17.3 Å². The highest BCUT2D eigenvalue weighted by Crippen LogP contribution is 2.40. The molecule has 0 unspecified atom stereocenters. The predicted octanol–water partition coefficient (Wildman–Crippen LogP) is 6.33. The zero-order valence-corrected chi connectivity index (χ0v) is 16.2. The van der Waals surface area contributed by atoms with Crippen LogP contribution in [0.1, 0.15) is 37.3 Å². The number of benzene rings is 2. The average molecular weight is 381 g/mol. The van der Waals surface area contributed by atoms with E-state index in [1.165, 1.54) is 31.4 Å². The quantitative estimate of drug-likeness (QED) is 0.449. The van der Waals surface area contributed by atoms with Crippen molar-refractivity contribution in [3.63, 3.8) is 0 Å². The third-order valence-corrected chi connectivity index (χ3v) is 5.74. The lowest BCUT2D eigenvalue weighted by atomic mass is 9.94. The third-order valence-electron chi connectivity index (χ3n) is 5.74. The summed E-state index contributed by atoms with van der Waals surface area (Å²) in [7, 11) is 0. The Morgan fingerprint density at radius 2 is 1.55 bits per heavy atom. The van der Waals surface area contributed by atoms with Crippen LogP contribution in [0.4, 0.5) is 5.82 Å². The first kappa shape index (κ1) is 17.7. The average Bonchev–Trinajstić information content (AvgIpc) is 3.29. The fraction of sp³-hybridized carbons (Fsp3) is 0.200. The molecule has 1 saturated carbocycles. The summed E-state index contributed by atoms with van der Waals surface area (Å²) in [5, 5.41) is 2.13. The van der Waals surface area contributed by atoms with Gasteiger partial charge in [0, 0.05) is 34.6 Å². The van der Waals surface area contributed by atoms with Crippen molar-refractivity contribution in [2.24, 2.45) is 0 Å². The van der Waals surface area contributed by atoms with Crippen molar-refractivity contribution in [1.29, 1.82) is 0 Å². The minimum Gasteiger partial charge on any atom is -0.457 e. The molecule has 0 amide bonds. The van der Waals surface area contributed by atoms with Crippen molar-refractivity contribution in [3.8, 4) is 22.6 Å². The number of nitrogen functional groups attached to an aromatic ring is 1. The molecular weight excluding hydrogens is 358 g/mol. The lowest BCUT2D eigenvalue weighted by molar-refractivity contribution is 0.483. The van der Waals surface area contributed by atoms with Gasteiger partial charge in [-0.25, -0.2) is 4.98 Å². The van der Waals surface area contributed by atoms with Crippen molar-refractivity contribution >= 4 is 16.6 Å². The zero-order chi connectivity index (χ0) is 19.6. The third kappa shape index (κ3) is 3.42. The fourth-order valence-electron chi connectivity index (χ4n) is 4.31. The number of ether oxygens (including phenoxy) is 1. The molecule has 1 fully saturated rings. The Kier molecular flexibility index (Phi) is 4.60. The van der Waals surface area contributed by atoms with Crippen LogP contribution in [0.2, 0.25) is 0 Å². The zero-order valence-electron chi connectivity index (χ0n) is 16.2. The molecule has 29 heavy (non-hydrogen) atoms. The molecule has 1 aliphatic carbocycles. The fourth-order valence-corrected chi connectivity index (χ4v) is 4.31. The van der Waals surface area contributed by atoms with Crippen LogP contribution in [0.5, 0.6) is 11.5 Å². The predicted molar refractivity (Wildman–Crippen MR) is 117 cm³/mol. The molecule has 2 aromatic heterocycles. The Morgan fingerprint density at radius 1 is 0.828 bits per heavy atom.